The van der Waals surface area contributed by atoms with Crippen LogP contribution in [0.2, 0.25) is 0 Å². The maximum atomic E-state index is 9.44. The standard InChI is InChI=1S/C8H16O4/c1-4(2)8-7(11)6(10)5(3-9)12-8/h4-11H,3H2,1-2H3/t5-,6-,7-,8+/m1/s1. The van der Waals surface area contributed by atoms with Crippen molar-refractivity contribution >= 4 is 0 Å². The average Bonchev–Trinajstić information content (AvgIpc) is 2.30. The van der Waals surface area contributed by atoms with E-state index in [1.807, 2.05) is 13.8 Å². The van der Waals surface area contributed by atoms with Crippen LogP contribution in [0.5, 0.6) is 0 Å². The zero-order valence-corrected chi connectivity index (χ0v) is 7.34. The highest BCUT2D eigenvalue weighted by Crippen LogP contribution is 2.25. The third-order valence-corrected chi connectivity index (χ3v) is 2.24. The fraction of sp³-hybridized carbons (Fsp3) is 1.00. The Kier molecular flexibility index (Phi) is 3.06. The van der Waals surface area contributed by atoms with Crippen molar-refractivity contribution in [1.29, 1.82) is 0 Å². The second kappa shape index (κ2) is 3.70. The summed E-state index contributed by atoms with van der Waals surface area (Å²) in [5, 5.41) is 27.5. The summed E-state index contributed by atoms with van der Waals surface area (Å²) in [5.41, 5.74) is 0. The van der Waals surface area contributed by atoms with Gasteiger partial charge in [0.2, 0.25) is 0 Å². The summed E-state index contributed by atoms with van der Waals surface area (Å²) in [6, 6.07) is 0. The number of aliphatic hydroxyl groups is 3. The summed E-state index contributed by atoms with van der Waals surface area (Å²) < 4.78 is 5.25. The van der Waals surface area contributed by atoms with Gasteiger partial charge < -0.3 is 20.1 Å². The molecule has 1 saturated heterocycles. The molecule has 1 fully saturated rings. The van der Waals surface area contributed by atoms with Crippen LogP contribution in [0.25, 0.3) is 0 Å². The first kappa shape index (κ1) is 9.92. The summed E-state index contributed by atoms with van der Waals surface area (Å²) in [7, 11) is 0. The zero-order valence-electron chi connectivity index (χ0n) is 7.34. The van der Waals surface area contributed by atoms with Gasteiger partial charge >= 0.3 is 0 Å². The summed E-state index contributed by atoms with van der Waals surface area (Å²) in [6.07, 6.45) is -2.82. The van der Waals surface area contributed by atoms with Crippen LogP contribution in [0, 0.1) is 5.92 Å². The van der Waals surface area contributed by atoms with Gasteiger partial charge in [0.25, 0.3) is 0 Å². The molecule has 0 spiro atoms. The second-order valence-corrected chi connectivity index (χ2v) is 3.55. The van der Waals surface area contributed by atoms with Gasteiger partial charge in [-0.3, -0.25) is 0 Å². The molecular formula is C8H16O4. The average molecular weight is 176 g/mol. The molecule has 4 heteroatoms. The molecule has 1 aliphatic heterocycles. The molecule has 1 heterocycles. The summed E-state index contributed by atoms with van der Waals surface area (Å²) in [4.78, 5) is 0. The lowest BCUT2D eigenvalue weighted by Crippen LogP contribution is -2.35. The lowest BCUT2D eigenvalue weighted by Gasteiger charge is -2.17. The Hall–Kier alpha value is -0.160. The van der Waals surface area contributed by atoms with E-state index in [0.29, 0.717) is 0 Å². The second-order valence-electron chi connectivity index (χ2n) is 3.55. The quantitative estimate of drug-likeness (QED) is 0.511. The Morgan fingerprint density at radius 1 is 1.25 bits per heavy atom. The van der Waals surface area contributed by atoms with E-state index in [2.05, 4.69) is 0 Å². The van der Waals surface area contributed by atoms with E-state index in [9.17, 15) is 10.2 Å². The zero-order chi connectivity index (χ0) is 9.30. The third kappa shape index (κ3) is 1.61. The molecule has 72 valence electrons. The van der Waals surface area contributed by atoms with Gasteiger partial charge in [-0.25, -0.2) is 0 Å². The van der Waals surface area contributed by atoms with E-state index in [-0.39, 0.29) is 18.6 Å². The highest BCUT2D eigenvalue weighted by atomic mass is 16.6. The van der Waals surface area contributed by atoms with Crippen LogP contribution in [0.4, 0.5) is 0 Å². The molecule has 0 aromatic heterocycles. The van der Waals surface area contributed by atoms with Crippen LogP contribution in [0.1, 0.15) is 13.8 Å². The maximum Gasteiger partial charge on any atom is 0.111 e. The minimum atomic E-state index is -0.956. The predicted octanol–water partition coefficient (Wildman–Crippen LogP) is -0.876. The molecule has 0 aliphatic carbocycles. The van der Waals surface area contributed by atoms with E-state index in [1.54, 1.807) is 0 Å². The highest BCUT2D eigenvalue weighted by molar-refractivity contribution is 4.91. The Bertz CT molecular complexity index is 148. The van der Waals surface area contributed by atoms with Crippen molar-refractivity contribution in [3.63, 3.8) is 0 Å². The van der Waals surface area contributed by atoms with Crippen molar-refractivity contribution in [2.24, 2.45) is 5.92 Å². The van der Waals surface area contributed by atoms with Crippen LogP contribution in [0.15, 0.2) is 0 Å². The van der Waals surface area contributed by atoms with Crippen molar-refractivity contribution in [3.05, 3.63) is 0 Å². The Morgan fingerprint density at radius 2 is 1.83 bits per heavy atom. The predicted molar refractivity (Wildman–Crippen MR) is 42.6 cm³/mol. The van der Waals surface area contributed by atoms with Crippen molar-refractivity contribution in [2.75, 3.05) is 6.61 Å². The van der Waals surface area contributed by atoms with Gasteiger partial charge in [-0.15, -0.1) is 0 Å². The van der Waals surface area contributed by atoms with Gasteiger partial charge in [0.15, 0.2) is 0 Å². The van der Waals surface area contributed by atoms with Crippen LogP contribution < -0.4 is 0 Å². The molecule has 1 aliphatic rings. The van der Waals surface area contributed by atoms with Gasteiger partial charge in [-0.05, 0) is 5.92 Å². The summed E-state index contributed by atoms with van der Waals surface area (Å²) in [5.74, 6) is 0.145. The Balaban J connectivity index is 2.60. The van der Waals surface area contributed by atoms with Gasteiger partial charge in [0.1, 0.15) is 18.3 Å². The molecule has 0 aromatic carbocycles. The lowest BCUT2D eigenvalue weighted by molar-refractivity contribution is -0.0369. The lowest BCUT2D eigenvalue weighted by atomic mass is 10.00. The molecule has 4 atom stereocenters. The molecule has 12 heavy (non-hydrogen) atoms. The Morgan fingerprint density at radius 3 is 2.08 bits per heavy atom. The number of hydrogen-bond acceptors (Lipinski definition) is 4. The fourth-order valence-corrected chi connectivity index (χ4v) is 1.48. The molecule has 0 amide bonds. The molecule has 0 radical (unpaired) electrons. The number of hydrogen-bond donors (Lipinski definition) is 3. The van der Waals surface area contributed by atoms with Crippen molar-refractivity contribution < 1.29 is 20.1 Å². The van der Waals surface area contributed by atoms with Gasteiger partial charge in [-0.1, -0.05) is 13.8 Å². The Labute approximate surface area is 71.8 Å². The first-order valence-electron chi connectivity index (χ1n) is 4.20. The molecule has 0 unspecified atom stereocenters. The van der Waals surface area contributed by atoms with Crippen molar-refractivity contribution in [3.8, 4) is 0 Å². The molecule has 0 aromatic rings. The van der Waals surface area contributed by atoms with E-state index < -0.39 is 18.3 Å². The van der Waals surface area contributed by atoms with Crippen molar-refractivity contribution in [1.82, 2.24) is 0 Å². The first-order valence-corrected chi connectivity index (χ1v) is 4.20. The number of aliphatic hydroxyl groups excluding tert-OH is 3. The maximum absolute atomic E-state index is 9.44. The normalized spacial score (nSPS) is 42.5. The third-order valence-electron chi connectivity index (χ3n) is 2.24. The summed E-state index contributed by atoms with van der Waals surface area (Å²) >= 11 is 0. The van der Waals surface area contributed by atoms with Crippen LogP contribution >= 0.6 is 0 Å². The molecule has 0 bridgehead atoms. The minimum absolute atomic E-state index is 0.145. The van der Waals surface area contributed by atoms with Gasteiger partial charge in [0, 0.05) is 0 Å². The fourth-order valence-electron chi connectivity index (χ4n) is 1.48. The first-order chi connectivity index (χ1) is 5.57. The highest BCUT2D eigenvalue weighted by Gasteiger charge is 2.43. The van der Waals surface area contributed by atoms with E-state index in [4.69, 9.17) is 9.84 Å². The largest absolute Gasteiger partial charge is 0.394 e. The molecule has 1 rings (SSSR count). The van der Waals surface area contributed by atoms with Gasteiger partial charge in [-0.2, -0.15) is 0 Å². The van der Waals surface area contributed by atoms with Crippen LogP contribution in [-0.4, -0.2) is 46.3 Å². The van der Waals surface area contributed by atoms with Gasteiger partial charge in [0.05, 0.1) is 12.7 Å². The molecule has 0 saturated carbocycles. The van der Waals surface area contributed by atoms with Crippen molar-refractivity contribution in [2.45, 2.75) is 38.3 Å². The van der Waals surface area contributed by atoms with E-state index in [1.165, 1.54) is 0 Å². The summed E-state index contributed by atoms with van der Waals surface area (Å²) in [6.45, 7) is 3.56. The number of rotatable bonds is 2. The number of ether oxygens (including phenoxy) is 1. The molecular weight excluding hydrogens is 160 g/mol. The van der Waals surface area contributed by atoms with E-state index in [0.717, 1.165) is 0 Å². The minimum Gasteiger partial charge on any atom is -0.394 e. The topological polar surface area (TPSA) is 69.9 Å². The van der Waals surface area contributed by atoms with Crippen LogP contribution in [-0.2, 0) is 4.74 Å². The smallest absolute Gasteiger partial charge is 0.111 e. The van der Waals surface area contributed by atoms with E-state index >= 15 is 0 Å². The van der Waals surface area contributed by atoms with Crippen LogP contribution in [0.3, 0.4) is 0 Å². The molecule has 3 N–H and O–H groups in total. The monoisotopic (exact) mass is 176 g/mol. The molecule has 4 nitrogen and oxygen atoms in total. The SMILES string of the molecule is CC(C)[C@@H]1O[C@H](CO)[C@@H](O)[C@H]1O.